The number of nitrogens with zero attached hydrogens (tertiary/aromatic N) is 1. The van der Waals surface area contributed by atoms with Gasteiger partial charge in [-0.25, -0.2) is 0 Å². The molecule has 6 aliphatic rings. The minimum Gasteiger partial charge on any atom is -0.508 e. The fraction of sp³-hybridized carbons (Fsp3) is 0.234. The molecule has 28 heteroatoms. The molecule has 7 aromatic carbocycles. The number of benzene rings is 7. The van der Waals surface area contributed by atoms with Gasteiger partial charge in [0.05, 0.1) is 10.0 Å². The molecule has 6 heterocycles. The molecule has 476 valence electrons. The van der Waals surface area contributed by atoms with Gasteiger partial charge in [0.15, 0.2) is 23.0 Å². The van der Waals surface area contributed by atoms with E-state index in [-0.39, 0.29) is 85.5 Å². The van der Waals surface area contributed by atoms with Crippen molar-refractivity contribution >= 4 is 64.6 Å². The number of aromatic hydroxyl groups is 6. The van der Waals surface area contributed by atoms with Crippen molar-refractivity contribution in [2.24, 2.45) is 0 Å². The third-order valence-electron chi connectivity index (χ3n) is 15.8. The monoisotopic (exact) mass is 1300 g/mol. The van der Waals surface area contributed by atoms with Crippen molar-refractivity contribution in [2.45, 2.75) is 61.2 Å². The summed E-state index contributed by atoms with van der Waals surface area (Å²) in [5, 5.41) is 102. The third-order valence-corrected chi connectivity index (χ3v) is 16.5. The molecule has 17 bridgehead atoms. The van der Waals surface area contributed by atoms with E-state index in [0.717, 1.165) is 48.5 Å². The zero-order chi connectivity index (χ0) is 65.6. The van der Waals surface area contributed by atoms with Crippen LogP contribution in [0.25, 0.3) is 11.1 Å². The lowest BCUT2D eigenvalue weighted by Gasteiger charge is -2.31. The molecule has 0 radical (unpaired) electrons. The van der Waals surface area contributed by atoms with Gasteiger partial charge < -0.3 is 97.4 Å². The summed E-state index contributed by atoms with van der Waals surface area (Å²) < 4.78 is 18.6. The number of hydrogen-bond acceptors (Lipinski definition) is 19. The quantitative estimate of drug-likeness (QED) is 0.0948. The van der Waals surface area contributed by atoms with E-state index < -0.39 is 141 Å². The molecule has 0 aromatic heterocycles. The van der Waals surface area contributed by atoms with E-state index in [4.69, 9.17) is 37.4 Å². The highest BCUT2D eigenvalue weighted by molar-refractivity contribution is 6.33. The van der Waals surface area contributed by atoms with Crippen molar-refractivity contribution in [3.05, 3.63) is 164 Å². The molecule has 0 unspecified atom stereocenters. The highest BCUT2D eigenvalue weighted by Crippen LogP contribution is 2.48. The first-order chi connectivity index (χ1) is 43.9. The lowest BCUT2D eigenvalue weighted by Crippen LogP contribution is -2.56. The van der Waals surface area contributed by atoms with Crippen LogP contribution < -0.4 is 56.7 Å². The minimum absolute atomic E-state index is 0.0543. The van der Waals surface area contributed by atoms with Gasteiger partial charge in [-0.2, -0.15) is 0 Å². The van der Waals surface area contributed by atoms with Crippen LogP contribution in [0.5, 0.6) is 69.0 Å². The molecule has 0 saturated carbocycles. The summed E-state index contributed by atoms with van der Waals surface area (Å²) in [6, 6.07) is 10.6. The number of hydrogen-bond donors (Lipinski definition) is 15. The van der Waals surface area contributed by atoms with E-state index >= 15 is 24.0 Å². The number of fused-ring (bicyclic) bond motifs is 14. The molecule has 13 rings (SSSR count). The number of halogens is 2. The second-order valence-electron chi connectivity index (χ2n) is 22.4. The van der Waals surface area contributed by atoms with Gasteiger partial charge >= 0.3 is 0 Å². The van der Waals surface area contributed by atoms with Gasteiger partial charge in [0.2, 0.25) is 47.1 Å². The summed E-state index contributed by atoms with van der Waals surface area (Å²) in [4.78, 5) is 108. The zero-order valence-electron chi connectivity index (χ0n) is 48.8. The predicted octanol–water partition coefficient (Wildman–Crippen LogP) is 5.23. The Bertz CT molecular complexity index is 4170. The topological polar surface area (TPSA) is 388 Å². The van der Waals surface area contributed by atoms with E-state index in [1.54, 1.807) is 12.1 Å². The standard InChI is InChI=1S/C64H59Cl2N9O17/c1-67-50-29-8-13-41(78)45(20-29)91-34-25-37(49(66)43(80)26-34)54-63(88)71-52-31-21-46(90-33-10-5-27(6-11-33)17-39(58(83)72-54)69-60(50)85)57(82)47(22-31)92-44-14-9-30(19-38(44)65)56(81)55-64(89)73-53(59(84)68-15-4-16-75(2)3)36-23-32(76)24-42(79)48(36)35-18-28(7-12-40(35)77)51(61(86)74-55)70-62(52)87/h5-14,18-26,39,50-56,67,76-82H,4,15-17H2,1-3H3,(H,68,84)(H,69,85)(H,70,87)(H,71,88)(H,72,83)(H,73,89)(H,74,86)/t39-,50+,51-,52-,53+,54+,55+,56-/m1/s1. The second-order valence-corrected chi connectivity index (χ2v) is 23.2. The third kappa shape index (κ3) is 12.8. The first-order valence-corrected chi connectivity index (χ1v) is 29.3. The van der Waals surface area contributed by atoms with Crippen LogP contribution in [-0.4, -0.2) is 128 Å². The maximum absolute atomic E-state index is 15.9. The Labute approximate surface area is 533 Å². The van der Waals surface area contributed by atoms with Crippen LogP contribution in [0.1, 0.15) is 81.7 Å². The van der Waals surface area contributed by atoms with Crippen LogP contribution in [0.4, 0.5) is 0 Å². The lowest BCUT2D eigenvalue weighted by molar-refractivity contribution is -0.137. The average molecular weight is 1300 g/mol. The van der Waals surface area contributed by atoms with Crippen LogP contribution in [0.3, 0.4) is 0 Å². The number of phenols is 6. The first-order valence-electron chi connectivity index (χ1n) is 28.6. The number of nitrogens with one attached hydrogen (secondary N) is 8. The molecule has 0 fully saturated rings. The van der Waals surface area contributed by atoms with Crippen molar-refractivity contribution in [3.8, 4) is 80.1 Å². The van der Waals surface area contributed by atoms with E-state index in [1.807, 2.05) is 19.0 Å². The number of carbonyl (C=O) groups is 7. The maximum atomic E-state index is 15.9. The number of carbonyl (C=O) groups excluding carboxylic acids is 7. The predicted molar refractivity (Wildman–Crippen MR) is 328 cm³/mol. The normalized spacial score (nSPS) is 21.3. The number of amides is 7. The molecule has 8 atom stereocenters. The fourth-order valence-corrected chi connectivity index (χ4v) is 11.6. The molecule has 92 heavy (non-hydrogen) atoms. The van der Waals surface area contributed by atoms with Crippen LogP contribution in [0, 0.1) is 0 Å². The van der Waals surface area contributed by atoms with Gasteiger partial charge in [-0.05, 0) is 140 Å². The Balaban J connectivity index is 1.12. The number of rotatable bonds is 6. The summed E-state index contributed by atoms with van der Waals surface area (Å²) >= 11 is 13.8. The second kappa shape index (κ2) is 25.8. The Kier molecular flexibility index (Phi) is 17.7. The van der Waals surface area contributed by atoms with Crippen molar-refractivity contribution < 1.29 is 83.5 Å². The average Bonchev–Trinajstić information content (AvgIpc) is 0.802. The highest BCUT2D eigenvalue weighted by Gasteiger charge is 2.42. The molecule has 7 amide bonds. The van der Waals surface area contributed by atoms with Gasteiger partial charge in [-0.15, -0.1) is 0 Å². The molecule has 0 spiro atoms. The van der Waals surface area contributed by atoms with E-state index in [2.05, 4.69) is 42.5 Å². The van der Waals surface area contributed by atoms with Crippen LogP contribution in [0.2, 0.25) is 10.0 Å². The molecule has 15 N–H and O–H groups in total. The summed E-state index contributed by atoms with van der Waals surface area (Å²) in [5.41, 5.74) is -1.26. The number of phenolic OH excluding ortho intramolecular Hbond substituents is 6. The van der Waals surface area contributed by atoms with Crippen molar-refractivity contribution in [1.29, 1.82) is 0 Å². The van der Waals surface area contributed by atoms with Crippen molar-refractivity contribution in [1.82, 2.24) is 47.4 Å². The van der Waals surface area contributed by atoms with Gasteiger partial charge in [-0.1, -0.05) is 53.5 Å². The van der Waals surface area contributed by atoms with E-state index in [1.165, 1.54) is 61.6 Å². The van der Waals surface area contributed by atoms with Gasteiger partial charge in [0.1, 0.15) is 88.6 Å². The highest BCUT2D eigenvalue weighted by atomic mass is 35.5. The van der Waals surface area contributed by atoms with Crippen LogP contribution >= 0.6 is 23.2 Å². The number of aliphatic hydroxyl groups excluding tert-OH is 1. The minimum atomic E-state index is -2.16. The molecule has 6 aliphatic heterocycles. The van der Waals surface area contributed by atoms with Crippen molar-refractivity contribution in [3.63, 3.8) is 0 Å². The van der Waals surface area contributed by atoms with E-state index in [9.17, 15) is 45.3 Å². The van der Waals surface area contributed by atoms with Crippen LogP contribution in [0.15, 0.2) is 115 Å². The van der Waals surface area contributed by atoms with E-state index in [0.29, 0.717) is 18.5 Å². The largest absolute Gasteiger partial charge is 0.508 e. The smallest absolute Gasteiger partial charge is 0.248 e. The molecular formula is C64H59Cl2N9O17. The summed E-state index contributed by atoms with van der Waals surface area (Å²) in [5.74, 6) is -13.0. The van der Waals surface area contributed by atoms with Gasteiger partial charge in [-0.3, -0.25) is 33.6 Å². The molecular weight excluding hydrogens is 1240 g/mol. The summed E-state index contributed by atoms with van der Waals surface area (Å²) in [6.07, 6.45) is -1.91. The zero-order valence-corrected chi connectivity index (χ0v) is 50.3. The molecule has 0 saturated heterocycles. The fourth-order valence-electron chi connectivity index (χ4n) is 11.2. The molecule has 0 aliphatic carbocycles. The summed E-state index contributed by atoms with van der Waals surface area (Å²) in [7, 11) is 5.11. The molecule has 7 aromatic rings. The number of aliphatic hydroxyl groups is 1. The molecule has 26 nitrogen and oxygen atoms in total. The lowest BCUT2D eigenvalue weighted by atomic mass is 9.89. The Morgan fingerprint density at radius 1 is 0.565 bits per heavy atom. The van der Waals surface area contributed by atoms with Crippen LogP contribution in [-0.2, 0) is 40.0 Å². The van der Waals surface area contributed by atoms with Crippen molar-refractivity contribution in [2.75, 3.05) is 34.2 Å². The van der Waals surface area contributed by atoms with Gasteiger partial charge in [0, 0.05) is 41.8 Å². The summed E-state index contributed by atoms with van der Waals surface area (Å²) in [6.45, 7) is 0.582. The number of ether oxygens (including phenoxy) is 3. The Hall–Kier alpha value is -10.5. The first kappa shape index (κ1) is 63.1. The van der Waals surface area contributed by atoms with Gasteiger partial charge in [0.25, 0.3) is 0 Å². The Morgan fingerprint density at radius 3 is 1.92 bits per heavy atom. The maximum Gasteiger partial charge on any atom is 0.248 e. The number of likely N-dealkylation sites (N-methyl/N-ethyl adjacent to an activating group) is 1. The Morgan fingerprint density at radius 2 is 1.21 bits per heavy atom. The SMILES string of the molecule is CN[C@@H]1C(=O)N[C@@H]2Cc3ccc(cc3)Oc3cc4cc(c3O)Oc3ccc(cc3Cl)[C@@H](O)[C@@H]3NC(=O)[C@H](NC(=O)[C@@H]4NC(=O)[C@@H](NC2=O)c2cc(cc(O)c2Cl)Oc2cc1ccc2O)c1ccc(O)c(c1)-c1c(O)cc(O)cc1[C@@H](C(=O)NCCCN(C)C)NC3=O.